The number of carbonyl (C=O) groups excluding carboxylic acids is 1. The molecule has 0 unspecified atom stereocenters. The Morgan fingerprint density at radius 2 is 1.90 bits per heavy atom. The summed E-state index contributed by atoms with van der Waals surface area (Å²) in [4.78, 5) is 17.2. The molecule has 29 heavy (non-hydrogen) atoms. The van der Waals surface area contributed by atoms with Crippen LogP contribution in [0.5, 0.6) is 0 Å². The van der Waals surface area contributed by atoms with E-state index < -0.39 is 23.4 Å². The molecule has 2 aromatic carbocycles. The van der Waals surface area contributed by atoms with Gasteiger partial charge in [0.2, 0.25) is 5.76 Å². The highest BCUT2D eigenvalue weighted by Gasteiger charge is 2.40. The van der Waals surface area contributed by atoms with Crippen LogP contribution in [-0.2, 0) is 11.0 Å². The molecule has 0 aliphatic rings. The van der Waals surface area contributed by atoms with Crippen LogP contribution in [0.4, 0.5) is 18.9 Å². The summed E-state index contributed by atoms with van der Waals surface area (Å²) in [6, 6.07) is 15.1. The van der Waals surface area contributed by atoms with E-state index in [1.165, 1.54) is 20.2 Å². The van der Waals surface area contributed by atoms with Gasteiger partial charge < -0.3 is 14.6 Å². The van der Waals surface area contributed by atoms with Gasteiger partial charge in [0.15, 0.2) is 0 Å². The van der Waals surface area contributed by atoms with Gasteiger partial charge in [-0.3, -0.25) is 4.79 Å². The third-order valence-electron chi connectivity index (χ3n) is 4.04. The van der Waals surface area contributed by atoms with Gasteiger partial charge in [0.1, 0.15) is 12.9 Å². The van der Waals surface area contributed by atoms with Crippen molar-refractivity contribution in [2.45, 2.75) is 13.1 Å². The van der Waals surface area contributed by atoms with Crippen LogP contribution in [0, 0.1) is 6.92 Å². The van der Waals surface area contributed by atoms with E-state index in [4.69, 9.17) is 4.42 Å². The standard InChI is InChI=1S/C21H17F3N2O3/c1-13-10-17(19(29-13)21(22,23)24)20(27)26-18-9-4-3-8-16(18)15-7-5-6-14(11-15)12-25-28-2/h3-12H,1-2H3,(H,26,27). The number of amides is 1. The van der Waals surface area contributed by atoms with E-state index in [1.807, 2.05) is 18.2 Å². The second-order valence-corrected chi connectivity index (χ2v) is 6.14. The van der Waals surface area contributed by atoms with Crippen LogP contribution in [0.2, 0.25) is 0 Å². The van der Waals surface area contributed by atoms with E-state index in [-0.39, 0.29) is 5.76 Å². The average Bonchev–Trinajstić information content (AvgIpc) is 3.09. The first-order chi connectivity index (χ1) is 13.8. The molecule has 1 aromatic heterocycles. The average molecular weight is 402 g/mol. The molecule has 3 aromatic rings. The number of halogens is 3. The van der Waals surface area contributed by atoms with Crippen molar-refractivity contribution >= 4 is 17.8 Å². The lowest BCUT2D eigenvalue weighted by Gasteiger charge is -2.12. The second-order valence-electron chi connectivity index (χ2n) is 6.14. The number of hydrogen-bond acceptors (Lipinski definition) is 4. The van der Waals surface area contributed by atoms with Crippen LogP contribution in [0.25, 0.3) is 11.1 Å². The molecule has 0 fully saturated rings. The zero-order valence-corrected chi connectivity index (χ0v) is 15.6. The van der Waals surface area contributed by atoms with Crippen LogP contribution in [0.15, 0.2) is 64.2 Å². The number of hydrogen-bond donors (Lipinski definition) is 1. The number of oxime groups is 1. The fourth-order valence-electron chi connectivity index (χ4n) is 2.83. The highest BCUT2D eigenvalue weighted by molar-refractivity contribution is 6.07. The molecule has 1 N–H and O–H groups in total. The number of para-hydroxylation sites is 1. The number of anilines is 1. The fourth-order valence-corrected chi connectivity index (χ4v) is 2.83. The van der Waals surface area contributed by atoms with E-state index in [9.17, 15) is 18.0 Å². The fraction of sp³-hybridized carbons (Fsp3) is 0.143. The number of furan rings is 1. The third kappa shape index (κ3) is 4.66. The van der Waals surface area contributed by atoms with Crippen molar-refractivity contribution in [2.24, 2.45) is 5.16 Å². The second kappa shape index (κ2) is 8.22. The monoisotopic (exact) mass is 402 g/mol. The number of nitrogens with zero attached hydrogens (tertiary/aromatic N) is 1. The Kier molecular flexibility index (Phi) is 5.72. The Balaban J connectivity index is 1.95. The zero-order valence-electron chi connectivity index (χ0n) is 15.6. The molecular formula is C21H17F3N2O3. The van der Waals surface area contributed by atoms with Crippen molar-refractivity contribution in [3.05, 3.63) is 77.2 Å². The lowest BCUT2D eigenvalue weighted by atomic mass is 10.0. The third-order valence-corrected chi connectivity index (χ3v) is 4.04. The summed E-state index contributed by atoms with van der Waals surface area (Å²) < 4.78 is 44.2. The molecule has 0 spiro atoms. The number of aryl methyl sites for hydroxylation is 1. The molecule has 8 heteroatoms. The predicted molar refractivity (Wildman–Crippen MR) is 103 cm³/mol. The maximum atomic E-state index is 13.2. The minimum atomic E-state index is -4.77. The Labute approximate surface area is 164 Å². The molecule has 0 saturated carbocycles. The molecule has 0 radical (unpaired) electrons. The van der Waals surface area contributed by atoms with Crippen LogP contribution < -0.4 is 5.32 Å². The van der Waals surface area contributed by atoms with Crippen LogP contribution >= 0.6 is 0 Å². The molecule has 0 aliphatic carbocycles. The van der Waals surface area contributed by atoms with E-state index in [2.05, 4.69) is 15.3 Å². The van der Waals surface area contributed by atoms with Crippen LogP contribution in [0.1, 0.15) is 27.4 Å². The normalized spacial score (nSPS) is 11.6. The Hall–Kier alpha value is -3.55. The van der Waals surface area contributed by atoms with Gasteiger partial charge >= 0.3 is 6.18 Å². The molecule has 150 valence electrons. The maximum absolute atomic E-state index is 13.2. The van der Waals surface area contributed by atoms with Crippen molar-refractivity contribution < 1.29 is 27.2 Å². The molecule has 3 rings (SSSR count). The Morgan fingerprint density at radius 1 is 1.14 bits per heavy atom. The van der Waals surface area contributed by atoms with Gasteiger partial charge in [-0.2, -0.15) is 13.2 Å². The molecule has 0 bridgehead atoms. The Morgan fingerprint density at radius 3 is 2.62 bits per heavy atom. The summed E-state index contributed by atoms with van der Waals surface area (Å²) in [5.41, 5.74) is 1.95. The van der Waals surface area contributed by atoms with Crippen LogP contribution in [-0.4, -0.2) is 19.2 Å². The first kappa shape index (κ1) is 20.2. The van der Waals surface area contributed by atoms with E-state index in [0.717, 1.165) is 17.2 Å². The number of rotatable bonds is 5. The summed E-state index contributed by atoms with van der Waals surface area (Å²) in [6.07, 6.45) is -3.25. The van der Waals surface area contributed by atoms with Crippen LogP contribution in [0.3, 0.4) is 0 Å². The summed E-state index contributed by atoms with van der Waals surface area (Å²) >= 11 is 0. The summed E-state index contributed by atoms with van der Waals surface area (Å²) in [5.74, 6) is -2.22. The predicted octanol–water partition coefficient (Wildman–Crippen LogP) is 5.51. The molecule has 5 nitrogen and oxygen atoms in total. The highest BCUT2D eigenvalue weighted by atomic mass is 19.4. The number of carbonyl (C=O) groups is 1. The maximum Gasteiger partial charge on any atom is 0.450 e. The van der Waals surface area contributed by atoms with Crippen molar-refractivity contribution in [2.75, 3.05) is 12.4 Å². The van der Waals surface area contributed by atoms with Gasteiger partial charge in [-0.05, 0) is 36.2 Å². The minimum Gasteiger partial charge on any atom is -0.456 e. The van der Waals surface area contributed by atoms with Crippen molar-refractivity contribution in [3.8, 4) is 11.1 Å². The van der Waals surface area contributed by atoms with Crippen molar-refractivity contribution in [3.63, 3.8) is 0 Å². The smallest absolute Gasteiger partial charge is 0.450 e. The minimum absolute atomic E-state index is 0.000826. The summed E-state index contributed by atoms with van der Waals surface area (Å²) in [6.45, 7) is 1.35. The van der Waals surface area contributed by atoms with E-state index >= 15 is 0 Å². The van der Waals surface area contributed by atoms with Crippen molar-refractivity contribution in [1.82, 2.24) is 0 Å². The molecule has 0 saturated heterocycles. The lowest BCUT2D eigenvalue weighted by Crippen LogP contribution is -2.17. The summed E-state index contributed by atoms with van der Waals surface area (Å²) in [7, 11) is 1.43. The number of benzene rings is 2. The largest absolute Gasteiger partial charge is 0.456 e. The van der Waals surface area contributed by atoms with Crippen molar-refractivity contribution in [1.29, 1.82) is 0 Å². The molecule has 1 heterocycles. The topological polar surface area (TPSA) is 63.8 Å². The van der Waals surface area contributed by atoms with Gasteiger partial charge in [-0.15, -0.1) is 0 Å². The quantitative estimate of drug-likeness (QED) is 0.452. The van der Waals surface area contributed by atoms with Gasteiger partial charge in [-0.1, -0.05) is 41.6 Å². The van der Waals surface area contributed by atoms with Gasteiger partial charge in [-0.25, -0.2) is 0 Å². The highest BCUT2D eigenvalue weighted by Crippen LogP contribution is 2.35. The summed E-state index contributed by atoms with van der Waals surface area (Å²) in [5, 5.41) is 6.27. The lowest BCUT2D eigenvalue weighted by molar-refractivity contribution is -0.153. The van der Waals surface area contributed by atoms with E-state index in [1.54, 1.807) is 30.3 Å². The Bertz CT molecular complexity index is 1060. The zero-order chi connectivity index (χ0) is 21.0. The molecular weight excluding hydrogens is 385 g/mol. The van der Waals surface area contributed by atoms with E-state index in [0.29, 0.717) is 11.3 Å². The van der Waals surface area contributed by atoms with Gasteiger partial charge in [0.25, 0.3) is 5.91 Å². The first-order valence-corrected chi connectivity index (χ1v) is 8.54. The molecule has 0 atom stereocenters. The molecule has 1 amide bonds. The SMILES string of the molecule is CON=Cc1cccc(-c2ccccc2NC(=O)c2cc(C)oc2C(F)(F)F)c1. The van der Waals surface area contributed by atoms with Gasteiger partial charge in [0, 0.05) is 11.3 Å². The number of nitrogens with one attached hydrogen (secondary N) is 1. The molecule has 0 aliphatic heterocycles. The number of alkyl halides is 3. The first-order valence-electron chi connectivity index (χ1n) is 8.54. The van der Waals surface area contributed by atoms with Gasteiger partial charge in [0.05, 0.1) is 11.8 Å².